The van der Waals surface area contributed by atoms with E-state index < -0.39 is 13.9 Å². The Bertz CT molecular complexity index is 326. The molecule has 0 spiro atoms. The van der Waals surface area contributed by atoms with Crippen molar-refractivity contribution in [2.75, 3.05) is 19.8 Å². The molecule has 2 atom stereocenters. The van der Waals surface area contributed by atoms with Crippen LogP contribution in [0.1, 0.15) is 34.1 Å². The van der Waals surface area contributed by atoms with E-state index in [1.165, 1.54) is 0 Å². The van der Waals surface area contributed by atoms with Crippen LogP contribution in [0.2, 0.25) is 0 Å². The summed E-state index contributed by atoms with van der Waals surface area (Å²) in [6, 6.07) is -0.211. The molecule has 0 aromatic heterocycles. The van der Waals surface area contributed by atoms with Crippen LogP contribution in [0.3, 0.4) is 0 Å². The number of hydrogen-bond acceptors (Lipinski definition) is 7. The van der Waals surface area contributed by atoms with Gasteiger partial charge in [-0.2, -0.15) is 0 Å². The molecular weight excluding hydrogens is 283 g/mol. The molecule has 0 radical (unpaired) electrons. The van der Waals surface area contributed by atoms with Crippen LogP contribution in [0.25, 0.3) is 0 Å². The molecule has 0 saturated carbocycles. The summed E-state index contributed by atoms with van der Waals surface area (Å²) in [6.07, 6.45) is -0.450. The van der Waals surface area contributed by atoms with E-state index in [0.29, 0.717) is 19.5 Å². The molecule has 0 unspecified atom stereocenters. The van der Waals surface area contributed by atoms with Crippen LogP contribution in [0.5, 0.6) is 0 Å². The lowest BCUT2D eigenvalue weighted by Crippen LogP contribution is -2.50. The van der Waals surface area contributed by atoms with Crippen molar-refractivity contribution in [1.82, 2.24) is 4.90 Å². The van der Waals surface area contributed by atoms with Crippen LogP contribution in [0.4, 0.5) is 0 Å². The zero-order valence-electron chi connectivity index (χ0n) is 12.7. The SMILES string of the molecule is CC(C)OP(=O)(OCN1CC[C@@H](N)[C@H](O)C1)OC(C)C. The van der Waals surface area contributed by atoms with E-state index in [4.69, 9.17) is 19.3 Å². The average Bonchev–Trinajstić information content (AvgIpc) is 2.28. The molecule has 8 heteroatoms. The van der Waals surface area contributed by atoms with Crippen LogP contribution in [-0.2, 0) is 18.1 Å². The topological polar surface area (TPSA) is 94.3 Å². The van der Waals surface area contributed by atoms with E-state index in [-0.39, 0.29) is 25.0 Å². The smallest absolute Gasteiger partial charge is 0.390 e. The molecule has 0 aliphatic carbocycles. The molecule has 1 saturated heterocycles. The highest BCUT2D eigenvalue weighted by Gasteiger charge is 2.32. The van der Waals surface area contributed by atoms with Crippen LogP contribution in [-0.4, -0.2) is 54.2 Å². The first kappa shape index (κ1) is 18.0. The van der Waals surface area contributed by atoms with Gasteiger partial charge in [-0.1, -0.05) is 0 Å². The van der Waals surface area contributed by atoms with E-state index in [1.54, 1.807) is 27.7 Å². The van der Waals surface area contributed by atoms with Crippen LogP contribution >= 0.6 is 7.82 Å². The van der Waals surface area contributed by atoms with Gasteiger partial charge in [-0.05, 0) is 34.1 Å². The fourth-order valence-electron chi connectivity index (χ4n) is 1.89. The number of nitrogens with zero attached hydrogens (tertiary/aromatic N) is 1. The largest absolute Gasteiger partial charge is 0.476 e. The summed E-state index contributed by atoms with van der Waals surface area (Å²) in [5.41, 5.74) is 5.73. The normalized spacial score (nSPS) is 25.6. The van der Waals surface area contributed by atoms with Gasteiger partial charge in [0.25, 0.3) is 0 Å². The molecule has 7 nitrogen and oxygen atoms in total. The second kappa shape index (κ2) is 7.84. The molecule has 0 aromatic carbocycles. The minimum absolute atomic E-state index is 0.0838. The Balaban J connectivity index is 2.51. The summed E-state index contributed by atoms with van der Waals surface area (Å²) in [5, 5.41) is 9.71. The fraction of sp³-hybridized carbons (Fsp3) is 1.00. The Kier molecular flexibility index (Phi) is 7.08. The first-order valence-electron chi connectivity index (χ1n) is 6.99. The maximum Gasteiger partial charge on any atom is 0.476 e. The number of β-amino-alcohol motifs (C(OH)–C–C–N with tert-alkyl or cyclic N) is 1. The van der Waals surface area contributed by atoms with E-state index in [9.17, 15) is 9.67 Å². The van der Waals surface area contributed by atoms with Crippen molar-refractivity contribution in [1.29, 1.82) is 0 Å². The van der Waals surface area contributed by atoms with Gasteiger partial charge in [0.1, 0.15) is 6.73 Å². The lowest BCUT2D eigenvalue weighted by Gasteiger charge is -2.34. The van der Waals surface area contributed by atoms with Gasteiger partial charge < -0.3 is 10.8 Å². The van der Waals surface area contributed by atoms with Crippen molar-refractivity contribution in [3.8, 4) is 0 Å². The van der Waals surface area contributed by atoms with Crippen molar-refractivity contribution in [2.45, 2.75) is 58.5 Å². The first-order valence-corrected chi connectivity index (χ1v) is 8.45. The number of nitrogens with two attached hydrogens (primary N) is 1. The van der Waals surface area contributed by atoms with Gasteiger partial charge in [0.2, 0.25) is 0 Å². The molecule has 3 N–H and O–H groups in total. The van der Waals surface area contributed by atoms with E-state index in [2.05, 4.69) is 0 Å². The van der Waals surface area contributed by atoms with Gasteiger partial charge >= 0.3 is 7.82 Å². The number of likely N-dealkylation sites (tertiary alicyclic amines) is 1. The first-order chi connectivity index (χ1) is 9.22. The fourth-order valence-corrected chi connectivity index (χ4v) is 3.40. The van der Waals surface area contributed by atoms with Crippen molar-refractivity contribution in [3.63, 3.8) is 0 Å². The lowest BCUT2D eigenvalue weighted by atomic mass is 10.0. The standard InChI is InChI=1S/C12H27N2O5P/c1-9(2)18-20(16,19-10(3)4)17-8-14-6-5-11(13)12(15)7-14/h9-12,15H,5-8,13H2,1-4H3/t11-,12-/m1/s1. The van der Waals surface area contributed by atoms with Gasteiger partial charge in [-0.3, -0.25) is 18.5 Å². The summed E-state index contributed by atoms with van der Waals surface area (Å²) < 4.78 is 28.4. The highest BCUT2D eigenvalue weighted by Crippen LogP contribution is 2.51. The summed E-state index contributed by atoms with van der Waals surface area (Å²) in [4.78, 5) is 1.84. The molecule has 1 heterocycles. The number of rotatable bonds is 7. The van der Waals surface area contributed by atoms with Crippen LogP contribution < -0.4 is 5.73 Å². The molecule has 0 aromatic rings. The molecule has 1 aliphatic heterocycles. The molecule has 0 amide bonds. The maximum atomic E-state index is 12.4. The second-order valence-corrected chi connectivity index (χ2v) is 7.18. The number of phosphoric ester groups is 1. The van der Waals surface area contributed by atoms with E-state index >= 15 is 0 Å². The van der Waals surface area contributed by atoms with Crippen molar-refractivity contribution >= 4 is 7.82 Å². The van der Waals surface area contributed by atoms with Gasteiger partial charge in [-0.15, -0.1) is 0 Å². The minimum atomic E-state index is -3.59. The Morgan fingerprint density at radius 2 is 1.85 bits per heavy atom. The summed E-state index contributed by atoms with van der Waals surface area (Å²) >= 11 is 0. The molecular formula is C12H27N2O5P. The second-order valence-electron chi connectivity index (χ2n) is 5.61. The zero-order valence-corrected chi connectivity index (χ0v) is 13.6. The monoisotopic (exact) mass is 310 g/mol. The molecule has 1 rings (SSSR count). The number of aliphatic hydroxyl groups is 1. The third kappa shape index (κ3) is 6.18. The summed E-state index contributed by atoms with van der Waals surface area (Å²) in [5.74, 6) is 0. The summed E-state index contributed by atoms with van der Waals surface area (Å²) in [7, 11) is -3.59. The van der Waals surface area contributed by atoms with Gasteiger partial charge in [0.15, 0.2) is 0 Å². The number of aliphatic hydroxyl groups excluding tert-OH is 1. The maximum absolute atomic E-state index is 12.4. The van der Waals surface area contributed by atoms with Crippen molar-refractivity contribution in [3.05, 3.63) is 0 Å². The third-order valence-corrected chi connectivity index (χ3v) is 4.59. The third-order valence-electron chi connectivity index (χ3n) is 2.80. The Hall–Kier alpha value is -0.0100. The minimum Gasteiger partial charge on any atom is -0.390 e. The van der Waals surface area contributed by atoms with Crippen LogP contribution in [0, 0.1) is 0 Å². The van der Waals surface area contributed by atoms with E-state index in [0.717, 1.165) is 0 Å². The highest BCUT2D eigenvalue weighted by molar-refractivity contribution is 7.48. The van der Waals surface area contributed by atoms with Gasteiger partial charge in [0, 0.05) is 19.1 Å². The Morgan fingerprint density at radius 3 is 2.30 bits per heavy atom. The lowest BCUT2D eigenvalue weighted by molar-refractivity contribution is -0.00703. The number of hydrogen-bond donors (Lipinski definition) is 2. The Morgan fingerprint density at radius 1 is 1.30 bits per heavy atom. The predicted octanol–water partition coefficient (Wildman–Crippen LogP) is 1.31. The molecule has 1 aliphatic rings. The predicted molar refractivity (Wildman–Crippen MR) is 76.2 cm³/mol. The van der Waals surface area contributed by atoms with E-state index in [1.807, 2.05) is 4.90 Å². The highest BCUT2D eigenvalue weighted by atomic mass is 31.2. The summed E-state index contributed by atoms with van der Waals surface area (Å²) in [6.45, 7) is 8.23. The molecule has 20 heavy (non-hydrogen) atoms. The zero-order chi connectivity index (χ0) is 15.3. The van der Waals surface area contributed by atoms with Crippen LogP contribution in [0.15, 0.2) is 0 Å². The average molecular weight is 310 g/mol. The van der Waals surface area contributed by atoms with Gasteiger partial charge in [0.05, 0.1) is 18.3 Å². The Labute approximate surface area is 121 Å². The molecule has 0 bridgehead atoms. The van der Waals surface area contributed by atoms with Gasteiger partial charge in [-0.25, -0.2) is 4.57 Å². The number of piperidine rings is 1. The number of phosphoric acid groups is 1. The van der Waals surface area contributed by atoms with Crippen molar-refractivity contribution in [2.24, 2.45) is 5.73 Å². The quantitative estimate of drug-likeness (QED) is 0.685. The molecule has 120 valence electrons. The van der Waals surface area contributed by atoms with Crippen molar-refractivity contribution < 1.29 is 23.2 Å². The molecule has 1 fully saturated rings.